The highest BCUT2D eigenvalue weighted by molar-refractivity contribution is 5.47. The molecule has 19 heavy (non-hydrogen) atoms. The first kappa shape index (κ1) is 14.0. The molecule has 2 N–H and O–H groups in total. The Bertz CT molecular complexity index is 405. The molecule has 1 aromatic carbocycles. The molecule has 6 heteroatoms. The standard InChI is InChI=1S/C13H17F3N2O/c1-9-8-17-7-6-12(9)18-10-2-4-11(5-3-10)19-13(14,15)16/h2-5,9,12,17-18H,6-8H2,1H3/t9-,12+/m1/s1. The van der Waals surface area contributed by atoms with E-state index in [0.717, 1.165) is 25.2 Å². The van der Waals surface area contributed by atoms with E-state index < -0.39 is 6.36 Å². The summed E-state index contributed by atoms with van der Waals surface area (Å²) in [5.74, 6) is 0.288. The van der Waals surface area contributed by atoms with E-state index >= 15 is 0 Å². The molecule has 0 saturated carbocycles. The average molecular weight is 274 g/mol. The molecule has 0 radical (unpaired) electrons. The van der Waals surface area contributed by atoms with Crippen LogP contribution in [-0.2, 0) is 0 Å². The topological polar surface area (TPSA) is 33.3 Å². The summed E-state index contributed by atoms with van der Waals surface area (Å²) in [6.07, 6.45) is -3.64. The molecule has 0 unspecified atom stereocenters. The molecule has 0 spiro atoms. The third kappa shape index (κ3) is 4.31. The molecule has 0 aromatic heterocycles. The quantitative estimate of drug-likeness (QED) is 0.889. The molecule has 1 heterocycles. The van der Waals surface area contributed by atoms with E-state index in [9.17, 15) is 13.2 Å². The lowest BCUT2D eigenvalue weighted by molar-refractivity contribution is -0.274. The molecule has 1 aliphatic rings. The van der Waals surface area contributed by atoms with Gasteiger partial charge < -0.3 is 15.4 Å². The second kappa shape index (κ2) is 5.69. The van der Waals surface area contributed by atoms with E-state index in [4.69, 9.17) is 0 Å². The molecule has 2 atom stereocenters. The van der Waals surface area contributed by atoms with Crippen molar-refractivity contribution in [2.75, 3.05) is 18.4 Å². The predicted molar refractivity (Wildman–Crippen MR) is 67.2 cm³/mol. The van der Waals surface area contributed by atoms with Gasteiger partial charge in [0.05, 0.1) is 0 Å². The van der Waals surface area contributed by atoms with Crippen molar-refractivity contribution in [2.24, 2.45) is 5.92 Å². The van der Waals surface area contributed by atoms with Crippen LogP contribution < -0.4 is 15.4 Å². The van der Waals surface area contributed by atoms with Crippen LogP contribution in [0.2, 0.25) is 0 Å². The van der Waals surface area contributed by atoms with Gasteiger partial charge in [-0.05, 0) is 49.7 Å². The molecule has 0 bridgehead atoms. The zero-order valence-corrected chi connectivity index (χ0v) is 10.6. The fourth-order valence-electron chi connectivity index (χ4n) is 2.20. The van der Waals surface area contributed by atoms with Gasteiger partial charge in [-0.25, -0.2) is 0 Å². The Morgan fingerprint density at radius 2 is 1.95 bits per heavy atom. The van der Waals surface area contributed by atoms with Gasteiger partial charge in [-0.1, -0.05) is 6.92 Å². The van der Waals surface area contributed by atoms with Gasteiger partial charge in [0.25, 0.3) is 0 Å². The lowest BCUT2D eigenvalue weighted by Crippen LogP contribution is -2.42. The third-order valence-corrected chi connectivity index (χ3v) is 3.23. The molecular formula is C13H17F3N2O. The third-order valence-electron chi connectivity index (χ3n) is 3.23. The molecule has 2 rings (SSSR count). The Morgan fingerprint density at radius 3 is 2.53 bits per heavy atom. The number of halogens is 3. The number of nitrogens with one attached hydrogen (secondary N) is 2. The molecule has 0 aliphatic carbocycles. The SMILES string of the molecule is C[C@@H]1CNCC[C@@H]1Nc1ccc(OC(F)(F)F)cc1. The van der Waals surface area contributed by atoms with Gasteiger partial charge in [0, 0.05) is 11.7 Å². The lowest BCUT2D eigenvalue weighted by atomic mass is 9.95. The van der Waals surface area contributed by atoms with Crippen LogP contribution in [0, 0.1) is 5.92 Å². The molecule has 3 nitrogen and oxygen atoms in total. The molecular weight excluding hydrogens is 257 g/mol. The summed E-state index contributed by atoms with van der Waals surface area (Å²) in [7, 11) is 0. The Hall–Kier alpha value is -1.43. The Kier molecular flexibility index (Phi) is 4.19. The van der Waals surface area contributed by atoms with E-state index in [1.54, 1.807) is 12.1 Å². The summed E-state index contributed by atoms with van der Waals surface area (Å²) in [6, 6.07) is 6.20. The van der Waals surface area contributed by atoms with Crippen molar-refractivity contribution >= 4 is 5.69 Å². The second-order valence-corrected chi connectivity index (χ2v) is 4.79. The molecule has 1 saturated heterocycles. The van der Waals surface area contributed by atoms with Crippen LogP contribution in [0.5, 0.6) is 5.75 Å². The first-order valence-electron chi connectivity index (χ1n) is 6.27. The van der Waals surface area contributed by atoms with E-state index in [1.165, 1.54) is 12.1 Å². The molecule has 0 amide bonds. The van der Waals surface area contributed by atoms with Crippen LogP contribution >= 0.6 is 0 Å². The number of ether oxygens (including phenoxy) is 1. The van der Waals surface area contributed by atoms with Gasteiger partial charge in [0.1, 0.15) is 5.75 Å². The summed E-state index contributed by atoms with van der Waals surface area (Å²) in [5.41, 5.74) is 0.813. The highest BCUT2D eigenvalue weighted by Crippen LogP contribution is 2.25. The molecule has 1 aromatic rings. The fourth-order valence-corrected chi connectivity index (χ4v) is 2.20. The summed E-state index contributed by atoms with van der Waals surface area (Å²) in [6.45, 7) is 4.05. The van der Waals surface area contributed by atoms with Gasteiger partial charge >= 0.3 is 6.36 Å². The van der Waals surface area contributed by atoms with Gasteiger partial charge in [-0.3, -0.25) is 0 Å². The smallest absolute Gasteiger partial charge is 0.406 e. The van der Waals surface area contributed by atoms with Crippen LogP contribution in [0.4, 0.5) is 18.9 Å². The summed E-state index contributed by atoms with van der Waals surface area (Å²) >= 11 is 0. The zero-order valence-electron chi connectivity index (χ0n) is 10.6. The van der Waals surface area contributed by atoms with E-state index in [2.05, 4.69) is 22.3 Å². The van der Waals surface area contributed by atoms with Crippen LogP contribution in [0.3, 0.4) is 0 Å². The van der Waals surface area contributed by atoms with Crippen LogP contribution in [-0.4, -0.2) is 25.5 Å². The van der Waals surface area contributed by atoms with Crippen LogP contribution in [0.1, 0.15) is 13.3 Å². The lowest BCUT2D eigenvalue weighted by Gasteiger charge is -2.31. The normalized spacial score (nSPS) is 24.0. The van der Waals surface area contributed by atoms with Crippen molar-refractivity contribution in [2.45, 2.75) is 25.7 Å². The highest BCUT2D eigenvalue weighted by Gasteiger charge is 2.31. The summed E-state index contributed by atoms with van der Waals surface area (Å²) in [5, 5.41) is 6.64. The molecule has 106 valence electrons. The average Bonchev–Trinajstić information content (AvgIpc) is 2.33. The number of anilines is 1. The van der Waals surface area contributed by atoms with Gasteiger partial charge in [-0.15, -0.1) is 13.2 Å². The van der Waals surface area contributed by atoms with E-state index in [0.29, 0.717) is 12.0 Å². The number of benzene rings is 1. The van der Waals surface area contributed by atoms with Crippen molar-refractivity contribution in [3.05, 3.63) is 24.3 Å². The maximum atomic E-state index is 12.0. The predicted octanol–water partition coefficient (Wildman–Crippen LogP) is 3.00. The minimum absolute atomic E-state index is 0.198. The number of alkyl halides is 3. The Labute approximate surface area is 110 Å². The molecule has 1 aliphatic heterocycles. The Morgan fingerprint density at radius 1 is 1.26 bits per heavy atom. The van der Waals surface area contributed by atoms with Gasteiger partial charge in [-0.2, -0.15) is 0 Å². The monoisotopic (exact) mass is 274 g/mol. The van der Waals surface area contributed by atoms with E-state index in [1.807, 2.05) is 0 Å². The van der Waals surface area contributed by atoms with Gasteiger partial charge in [0.2, 0.25) is 0 Å². The molecule has 1 fully saturated rings. The Balaban J connectivity index is 1.94. The largest absolute Gasteiger partial charge is 0.573 e. The number of rotatable bonds is 3. The van der Waals surface area contributed by atoms with Crippen LogP contribution in [0.15, 0.2) is 24.3 Å². The van der Waals surface area contributed by atoms with Crippen LogP contribution in [0.25, 0.3) is 0 Å². The second-order valence-electron chi connectivity index (χ2n) is 4.79. The van der Waals surface area contributed by atoms with Crippen molar-refractivity contribution in [3.63, 3.8) is 0 Å². The summed E-state index contributed by atoms with van der Waals surface area (Å²) in [4.78, 5) is 0. The first-order chi connectivity index (χ1) is 8.94. The van der Waals surface area contributed by atoms with E-state index in [-0.39, 0.29) is 5.75 Å². The van der Waals surface area contributed by atoms with Gasteiger partial charge in [0.15, 0.2) is 0 Å². The van der Waals surface area contributed by atoms with Crippen molar-refractivity contribution in [1.29, 1.82) is 0 Å². The minimum Gasteiger partial charge on any atom is -0.406 e. The maximum Gasteiger partial charge on any atom is 0.573 e. The number of piperidine rings is 1. The first-order valence-corrected chi connectivity index (χ1v) is 6.27. The minimum atomic E-state index is -4.64. The number of hydrogen-bond acceptors (Lipinski definition) is 3. The van der Waals surface area contributed by atoms with Crippen molar-refractivity contribution in [3.8, 4) is 5.75 Å². The van der Waals surface area contributed by atoms with Crippen molar-refractivity contribution < 1.29 is 17.9 Å². The fraction of sp³-hybridized carbons (Fsp3) is 0.538. The zero-order chi connectivity index (χ0) is 13.9. The maximum absolute atomic E-state index is 12.0. The van der Waals surface area contributed by atoms with Crippen molar-refractivity contribution in [1.82, 2.24) is 5.32 Å². The highest BCUT2D eigenvalue weighted by atomic mass is 19.4. The number of hydrogen-bond donors (Lipinski definition) is 2. The summed E-state index contributed by atoms with van der Waals surface area (Å²) < 4.78 is 39.9.